The molecule has 0 aliphatic carbocycles. The average Bonchev–Trinajstić information content (AvgIpc) is 3.24. The van der Waals surface area contributed by atoms with Gasteiger partial charge in [0.1, 0.15) is 0 Å². The number of benzene rings is 1. The van der Waals surface area contributed by atoms with E-state index in [-0.39, 0.29) is 23.9 Å². The standard InChI is InChI=1S/C26H35ClN4O4S/c1-14-11-21(36-6)19(16(3)30-14)13-29-24(32)18-12-20(27)23-22(15(18)2)34-26(4,35-23)17-7-9-31(10-8-17)25(33)28-5/h11-12,16-17,30H,7-10,13H2,1-6H3,(H,28,33)(H,29,32). The molecule has 3 N–H and O–H groups in total. The topological polar surface area (TPSA) is 91.9 Å². The van der Waals surface area contributed by atoms with Crippen molar-refractivity contribution in [1.82, 2.24) is 20.9 Å². The van der Waals surface area contributed by atoms with Crippen LogP contribution in [0.5, 0.6) is 11.5 Å². The predicted octanol–water partition coefficient (Wildman–Crippen LogP) is 4.43. The van der Waals surface area contributed by atoms with Gasteiger partial charge in [0.05, 0.1) is 5.02 Å². The van der Waals surface area contributed by atoms with Crippen molar-refractivity contribution in [1.29, 1.82) is 0 Å². The smallest absolute Gasteiger partial charge is 0.317 e. The molecule has 0 aromatic heterocycles. The molecule has 1 fully saturated rings. The van der Waals surface area contributed by atoms with Crippen LogP contribution in [0.4, 0.5) is 4.79 Å². The van der Waals surface area contributed by atoms with Gasteiger partial charge in [0, 0.05) is 67.3 Å². The second-order valence-electron chi connectivity index (χ2n) is 9.70. The van der Waals surface area contributed by atoms with E-state index in [9.17, 15) is 9.59 Å². The minimum atomic E-state index is -0.911. The number of amides is 3. The number of rotatable bonds is 5. The SMILES string of the molecule is CNC(=O)N1CCC(C2(C)Oc3c(Cl)cc(C(=O)NCC4=C(SC)C=C(C)NC4C)c(C)c3O2)CC1. The van der Waals surface area contributed by atoms with Crippen molar-refractivity contribution >= 4 is 35.3 Å². The lowest BCUT2D eigenvalue weighted by Gasteiger charge is -2.38. The molecular formula is C26H35ClN4O4S. The van der Waals surface area contributed by atoms with E-state index in [1.54, 1.807) is 29.8 Å². The second kappa shape index (κ2) is 10.5. The van der Waals surface area contributed by atoms with Crippen molar-refractivity contribution in [2.75, 3.05) is 32.9 Å². The number of halogens is 1. The van der Waals surface area contributed by atoms with Gasteiger partial charge in [-0.3, -0.25) is 4.79 Å². The maximum absolute atomic E-state index is 13.2. The van der Waals surface area contributed by atoms with E-state index in [1.165, 1.54) is 0 Å². The van der Waals surface area contributed by atoms with Crippen LogP contribution in [0.1, 0.15) is 49.5 Å². The lowest BCUT2D eigenvalue weighted by atomic mass is 9.89. The number of carbonyl (C=O) groups is 2. The highest BCUT2D eigenvalue weighted by atomic mass is 35.5. The van der Waals surface area contributed by atoms with Crippen LogP contribution >= 0.6 is 23.4 Å². The second-order valence-corrected chi connectivity index (χ2v) is 11.0. The van der Waals surface area contributed by atoms with Crippen LogP contribution in [-0.4, -0.2) is 61.6 Å². The summed E-state index contributed by atoms with van der Waals surface area (Å²) in [5, 5.41) is 9.51. The predicted molar refractivity (Wildman–Crippen MR) is 144 cm³/mol. The third kappa shape index (κ3) is 5.00. The zero-order valence-corrected chi connectivity index (χ0v) is 23.3. The van der Waals surface area contributed by atoms with E-state index < -0.39 is 5.79 Å². The summed E-state index contributed by atoms with van der Waals surface area (Å²) in [5.41, 5.74) is 3.42. The number of allylic oxidation sites excluding steroid dienone is 2. The van der Waals surface area contributed by atoms with Gasteiger partial charge in [-0.1, -0.05) is 11.6 Å². The summed E-state index contributed by atoms with van der Waals surface area (Å²) in [4.78, 5) is 28.2. The van der Waals surface area contributed by atoms with Crippen LogP contribution in [0.15, 0.2) is 28.3 Å². The lowest BCUT2D eigenvalue weighted by molar-refractivity contribution is -0.122. The molecule has 3 aliphatic heterocycles. The fourth-order valence-electron chi connectivity index (χ4n) is 5.19. The molecule has 196 valence electrons. The Bertz CT molecular complexity index is 1130. The molecule has 36 heavy (non-hydrogen) atoms. The van der Waals surface area contributed by atoms with E-state index in [2.05, 4.69) is 29.0 Å². The summed E-state index contributed by atoms with van der Waals surface area (Å²) in [7, 11) is 1.64. The first-order valence-electron chi connectivity index (χ1n) is 12.3. The number of urea groups is 1. The van der Waals surface area contributed by atoms with Crippen LogP contribution < -0.4 is 25.4 Å². The zero-order valence-electron chi connectivity index (χ0n) is 21.7. The number of likely N-dealkylation sites (tertiary alicyclic amines) is 1. The van der Waals surface area contributed by atoms with Gasteiger partial charge < -0.3 is 30.3 Å². The Kier molecular flexibility index (Phi) is 7.71. The van der Waals surface area contributed by atoms with E-state index in [0.29, 0.717) is 47.3 Å². The minimum Gasteiger partial charge on any atom is -0.448 e. The number of dihydropyridines is 1. The number of piperidine rings is 1. The van der Waals surface area contributed by atoms with Crippen molar-refractivity contribution in [3.05, 3.63) is 44.5 Å². The number of nitrogens with zero attached hydrogens (tertiary/aromatic N) is 1. The highest BCUT2D eigenvalue weighted by Crippen LogP contribution is 2.51. The highest BCUT2D eigenvalue weighted by Gasteiger charge is 2.47. The highest BCUT2D eigenvalue weighted by molar-refractivity contribution is 8.02. The van der Waals surface area contributed by atoms with Crippen LogP contribution in [0, 0.1) is 12.8 Å². The normalized spacial score (nSPS) is 23.8. The number of hydrogen-bond acceptors (Lipinski definition) is 6. The molecule has 1 aromatic carbocycles. The summed E-state index contributed by atoms with van der Waals surface area (Å²) in [5.74, 6) is -0.0577. The number of nitrogens with one attached hydrogen (secondary N) is 3. The van der Waals surface area contributed by atoms with E-state index in [0.717, 1.165) is 29.0 Å². The van der Waals surface area contributed by atoms with Crippen molar-refractivity contribution < 1.29 is 19.1 Å². The molecule has 10 heteroatoms. The van der Waals surface area contributed by atoms with Gasteiger partial charge in [0.25, 0.3) is 11.7 Å². The Balaban J connectivity index is 1.49. The molecule has 0 bridgehead atoms. The summed E-state index contributed by atoms with van der Waals surface area (Å²) in [6, 6.07) is 1.72. The zero-order chi connectivity index (χ0) is 26.2. The number of hydrogen-bond donors (Lipinski definition) is 3. The summed E-state index contributed by atoms with van der Waals surface area (Å²) >= 11 is 8.27. The van der Waals surface area contributed by atoms with Crippen LogP contribution in [0.3, 0.4) is 0 Å². The Labute approximate surface area is 222 Å². The quantitative estimate of drug-likeness (QED) is 0.517. The lowest BCUT2D eigenvalue weighted by Crippen LogP contribution is -2.51. The first kappa shape index (κ1) is 26.5. The molecule has 2 unspecified atom stereocenters. The van der Waals surface area contributed by atoms with Crippen molar-refractivity contribution in [2.24, 2.45) is 5.92 Å². The first-order chi connectivity index (χ1) is 17.1. The van der Waals surface area contributed by atoms with Crippen LogP contribution in [0.25, 0.3) is 0 Å². The van der Waals surface area contributed by atoms with Gasteiger partial charge in [0.2, 0.25) is 0 Å². The van der Waals surface area contributed by atoms with E-state index in [1.807, 2.05) is 27.0 Å². The van der Waals surface area contributed by atoms with Gasteiger partial charge in [-0.2, -0.15) is 0 Å². The third-order valence-electron chi connectivity index (χ3n) is 7.32. The van der Waals surface area contributed by atoms with Gasteiger partial charge in [-0.15, -0.1) is 11.8 Å². The van der Waals surface area contributed by atoms with Crippen LogP contribution in [-0.2, 0) is 0 Å². The number of fused-ring (bicyclic) bond motifs is 1. The summed E-state index contributed by atoms with van der Waals surface area (Å²) in [6.07, 6.45) is 5.64. The molecule has 4 rings (SSSR count). The average molecular weight is 535 g/mol. The fourth-order valence-corrected chi connectivity index (χ4v) is 6.23. The summed E-state index contributed by atoms with van der Waals surface area (Å²) < 4.78 is 12.7. The van der Waals surface area contributed by atoms with Crippen molar-refractivity contribution in [3.63, 3.8) is 0 Å². The molecule has 3 heterocycles. The van der Waals surface area contributed by atoms with Crippen molar-refractivity contribution in [2.45, 2.75) is 52.4 Å². The van der Waals surface area contributed by atoms with Gasteiger partial charge in [0.15, 0.2) is 11.5 Å². The molecule has 3 amide bonds. The minimum absolute atomic E-state index is 0.0744. The molecule has 0 saturated carbocycles. The number of carbonyl (C=O) groups excluding carboxylic acids is 2. The molecular weight excluding hydrogens is 500 g/mol. The van der Waals surface area contributed by atoms with Gasteiger partial charge in [-0.05, 0) is 57.6 Å². The maximum Gasteiger partial charge on any atom is 0.317 e. The number of thioether (sulfide) groups is 1. The molecule has 2 atom stereocenters. The Morgan fingerprint density at radius 1 is 1.25 bits per heavy atom. The monoisotopic (exact) mass is 534 g/mol. The van der Waals surface area contributed by atoms with Crippen molar-refractivity contribution in [3.8, 4) is 11.5 Å². The molecule has 1 saturated heterocycles. The first-order valence-corrected chi connectivity index (χ1v) is 13.9. The Morgan fingerprint density at radius 2 is 1.92 bits per heavy atom. The van der Waals surface area contributed by atoms with E-state index >= 15 is 0 Å². The third-order valence-corrected chi connectivity index (χ3v) is 8.42. The maximum atomic E-state index is 13.2. The van der Waals surface area contributed by atoms with Gasteiger partial charge in [-0.25, -0.2) is 4.79 Å². The Morgan fingerprint density at radius 3 is 2.56 bits per heavy atom. The molecule has 0 spiro atoms. The molecule has 0 radical (unpaired) electrons. The van der Waals surface area contributed by atoms with E-state index in [4.69, 9.17) is 21.1 Å². The fraction of sp³-hybridized carbons (Fsp3) is 0.538. The molecule has 1 aromatic rings. The largest absolute Gasteiger partial charge is 0.448 e. The molecule has 3 aliphatic rings. The Hall–Kier alpha value is -2.52. The summed E-state index contributed by atoms with van der Waals surface area (Å²) in [6.45, 7) is 9.58. The molecule has 8 nitrogen and oxygen atoms in total. The van der Waals surface area contributed by atoms with Crippen LogP contribution in [0.2, 0.25) is 5.02 Å². The van der Waals surface area contributed by atoms with Gasteiger partial charge >= 0.3 is 6.03 Å². The number of ether oxygens (including phenoxy) is 2.